The van der Waals surface area contributed by atoms with Gasteiger partial charge in [0.2, 0.25) is 5.91 Å². The molecule has 0 aliphatic heterocycles. The average Bonchev–Trinajstić information content (AvgIpc) is 2.11. The molecule has 0 heterocycles. The molecule has 0 atom stereocenters. The van der Waals surface area contributed by atoms with Gasteiger partial charge in [-0.15, -0.1) is 0 Å². The SMILES string of the molecule is CCCOCC[N+](C)(C)CCNC(C)=O. The number of quaternary nitrogens is 1. The lowest BCUT2D eigenvalue weighted by Crippen LogP contribution is -2.47. The lowest BCUT2D eigenvalue weighted by Gasteiger charge is -2.29. The lowest BCUT2D eigenvalue weighted by atomic mass is 10.4. The van der Waals surface area contributed by atoms with Crippen LogP contribution in [-0.4, -0.2) is 57.3 Å². The minimum Gasteiger partial charge on any atom is -0.376 e. The van der Waals surface area contributed by atoms with Crippen molar-refractivity contribution in [2.24, 2.45) is 0 Å². The van der Waals surface area contributed by atoms with Crippen LogP contribution in [0.2, 0.25) is 0 Å². The predicted molar refractivity (Wildman–Crippen MR) is 61.6 cm³/mol. The van der Waals surface area contributed by atoms with E-state index in [2.05, 4.69) is 26.3 Å². The predicted octanol–water partition coefficient (Wildman–Crippen LogP) is 0.626. The molecule has 0 spiro atoms. The van der Waals surface area contributed by atoms with E-state index in [0.29, 0.717) is 0 Å². The fourth-order valence-corrected chi connectivity index (χ4v) is 1.20. The Kier molecular flexibility index (Phi) is 7.34. The molecule has 0 rings (SSSR count). The number of likely N-dealkylation sites (N-methyl/N-ethyl adjacent to an activating group) is 1. The molecule has 0 aromatic rings. The summed E-state index contributed by atoms with van der Waals surface area (Å²) in [6, 6.07) is 0. The fourth-order valence-electron chi connectivity index (χ4n) is 1.20. The zero-order valence-corrected chi connectivity index (χ0v) is 10.5. The van der Waals surface area contributed by atoms with Gasteiger partial charge in [0.15, 0.2) is 0 Å². The Morgan fingerprint density at radius 1 is 1.27 bits per heavy atom. The van der Waals surface area contributed by atoms with Crippen molar-refractivity contribution in [3.8, 4) is 0 Å². The second-order valence-electron chi connectivity index (χ2n) is 4.48. The smallest absolute Gasteiger partial charge is 0.217 e. The zero-order chi connectivity index (χ0) is 11.7. The van der Waals surface area contributed by atoms with E-state index >= 15 is 0 Å². The molecule has 0 aromatic carbocycles. The summed E-state index contributed by atoms with van der Waals surface area (Å²) in [5.41, 5.74) is 0. The third kappa shape index (κ3) is 9.69. The number of nitrogens with zero attached hydrogens (tertiary/aromatic N) is 1. The van der Waals surface area contributed by atoms with Crippen LogP contribution in [-0.2, 0) is 9.53 Å². The van der Waals surface area contributed by atoms with Gasteiger partial charge >= 0.3 is 0 Å². The van der Waals surface area contributed by atoms with Gasteiger partial charge in [0.05, 0.1) is 33.8 Å². The molecule has 90 valence electrons. The maximum atomic E-state index is 10.7. The van der Waals surface area contributed by atoms with Crippen molar-refractivity contribution in [2.75, 3.05) is 46.9 Å². The first-order valence-corrected chi connectivity index (χ1v) is 5.62. The second-order valence-corrected chi connectivity index (χ2v) is 4.48. The van der Waals surface area contributed by atoms with Gasteiger partial charge in [-0.2, -0.15) is 0 Å². The number of hydrogen-bond donors (Lipinski definition) is 1. The first-order chi connectivity index (χ1) is 6.98. The number of carbonyl (C=O) groups excluding carboxylic acids is 1. The Labute approximate surface area is 93.2 Å². The number of amides is 1. The molecule has 0 saturated heterocycles. The first kappa shape index (κ1) is 14.4. The number of ether oxygens (including phenoxy) is 1. The molecule has 4 heteroatoms. The van der Waals surface area contributed by atoms with Gasteiger partial charge in [0.1, 0.15) is 6.54 Å². The van der Waals surface area contributed by atoms with Crippen LogP contribution in [0.3, 0.4) is 0 Å². The van der Waals surface area contributed by atoms with Gasteiger partial charge in [0, 0.05) is 13.5 Å². The molecule has 4 nitrogen and oxygen atoms in total. The van der Waals surface area contributed by atoms with Crippen molar-refractivity contribution < 1.29 is 14.0 Å². The van der Waals surface area contributed by atoms with Gasteiger partial charge in [0.25, 0.3) is 0 Å². The molecule has 0 fully saturated rings. The summed E-state index contributed by atoms with van der Waals surface area (Å²) in [7, 11) is 4.30. The summed E-state index contributed by atoms with van der Waals surface area (Å²) in [6.07, 6.45) is 1.07. The highest BCUT2D eigenvalue weighted by Crippen LogP contribution is 1.95. The standard InChI is InChI=1S/C11H24N2O2/c1-5-9-15-10-8-13(3,4)7-6-12-11(2)14/h5-10H2,1-4H3/p+1. The first-order valence-electron chi connectivity index (χ1n) is 5.62. The summed E-state index contributed by atoms with van der Waals surface area (Å²) in [5.74, 6) is 0.0391. The highest BCUT2D eigenvalue weighted by atomic mass is 16.5. The van der Waals surface area contributed by atoms with Gasteiger partial charge in [-0.1, -0.05) is 6.92 Å². The van der Waals surface area contributed by atoms with Crippen molar-refractivity contribution in [2.45, 2.75) is 20.3 Å². The summed E-state index contributed by atoms with van der Waals surface area (Å²) in [5, 5.41) is 2.81. The summed E-state index contributed by atoms with van der Waals surface area (Å²) < 4.78 is 6.32. The molecule has 0 radical (unpaired) electrons. The van der Waals surface area contributed by atoms with Gasteiger partial charge in [-0.05, 0) is 6.42 Å². The number of hydrogen-bond acceptors (Lipinski definition) is 2. The Hall–Kier alpha value is -0.610. The Morgan fingerprint density at radius 3 is 2.47 bits per heavy atom. The van der Waals surface area contributed by atoms with Gasteiger partial charge < -0.3 is 14.5 Å². The van der Waals surface area contributed by atoms with E-state index in [0.717, 1.165) is 43.8 Å². The molecule has 0 aliphatic rings. The van der Waals surface area contributed by atoms with Crippen LogP contribution in [0.5, 0.6) is 0 Å². The molecule has 15 heavy (non-hydrogen) atoms. The van der Waals surface area contributed by atoms with Crippen molar-refractivity contribution in [1.82, 2.24) is 5.32 Å². The molecule has 0 bridgehead atoms. The van der Waals surface area contributed by atoms with Crippen LogP contribution < -0.4 is 5.32 Å². The lowest BCUT2D eigenvalue weighted by molar-refractivity contribution is -0.889. The second kappa shape index (κ2) is 7.65. The largest absolute Gasteiger partial charge is 0.376 e. The van der Waals surface area contributed by atoms with E-state index < -0.39 is 0 Å². The maximum Gasteiger partial charge on any atom is 0.217 e. The monoisotopic (exact) mass is 217 g/mol. The zero-order valence-electron chi connectivity index (χ0n) is 10.5. The fraction of sp³-hybridized carbons (Fsp3) is 0.909. The van der Waals surface area contributed by atoms with Crippen LogP contribution in [0.15, 0.2) is 0 Å². The van der Waals surface area contributed by atoms with Gasteiger partial charge in [-0.25, -0.2) is 0 Å². The van der Waals surface area contributed by atoms with E-state index in [9.17, 15) is 4.79 Å². The van der Waals surface area contributed by atoms with Gasteiger partial charge in [-0.3, -0.25) is 4.79 Å². The molecular weight excluding hydrogens is 192 g/mol. The average molecular weight is 217 g/mol. The molecule has 0 aliphatic carbocycles. The highest BCUT2D eigenvalue weighted by molar-refractivity contribution is 5.72. The van der Waals surface area contributed by atoms with E-state index in [1.165, 1.54) is 0 Å². The maximum absolute atomic E-state index is 10.7. The minimum absolute atomic E-state index is 0.0391. The minimum atomic E-state index is 0.0391. The highest BCUT2D eigenvalue weighted by Gasteiger charge is 2.13. The number of carbonyl (C=O) groups is 1. The summed E-state index contributed by atoms with van der Waals surface area (Å²) in [4.78, 5) is 10.7. The molecule has 1 N–H and O–H groups in total. The summed E-state index contributed by atoms with van der Waals surface area (Å²) >= 11 is 0. The van der Waals surface area contributed by atoms with Crippen LogP contribution in [0, 0.1) is 0 Å². The van der Waals surface area contributed by atoms with Crippen molar-refractivity contribution >= 4 is 5.91 Å². The van der Waals surface area contributed by atoms with Crippen LogP contribution in [0.1, 0.15) is 20.3 Å². The summed E-state index contributed by atoms with van der Waals surface area (Å²) in [6.45, 7) is 7.94. The molecule has 1 amide bonds. The number of rotatable bonds is 8. The van der Waals surface area contributed by atoms with Crippen molar-refractivity contribution in [1.29, 1.82) is 0 Å². The third-order valence-electron chi connectivity index (χ3n) is 2.28. The van der Waals surface area contributed by atoms with E-state index in [1.54, 1.807) is 6.92 Å². The van der Waals surface area contributed by atoms with E-state index in [1.807, 2.05) is 0 Å². The number of nitrogens with one attached hydrogen (secondary N) is 1. The molecule has 0 unspecified atom stereocenters. The molecule has 0 aromatic heterocycles. The molecular formula is C11H25N2O2+. The van der Waals surface area contributed by atoms with E-state index in [4.69, 9.17) is 4.74 Å². The third-order valence-corrected chi connectivity index (χ3v) is 2.28. The quantitative estimate of drug-likeness (QED) is 0.478. The topological polar surface area (TPSA) is 38.3 Å². The van der Waals surface area contributed by atoms with E-state index in [-0.39, 0.29) is 5.91 Å². The Bertz CT molecular complexity index is 181. The van der Waals surface area contributed by atoms with Crippen LogP contribution in [0.4, 0.5) is 0 Å². The van der Waals surface area contributed by atoms with Crippen LogP contribution >= 0.6 is 0 Å². The van der Waals surface area contributed by atoms with Crippen molar-refractivity contribution in [3.63, 3.8) is 0 Å². The van der Waals surface area contributed by atoms with Crippen LogP contribution in [0.25, 0.3) is 0 Å². The van der Waals surface area contributed by atoms with Crippen molar-refractivity contribution in [3.05, 3.63) is 0 Å². The molecule has 0 saturated carbocycles. The normalized spacial score (nSPS) is 11.5. The Morgan fingerprint density at radius 2 is 1.93 bits per heavy atom. The Balaban J connectivity index is 3.53.